The Morgan fingerprint density at radius 2 is 1.81 bits per heavy atom. The number of aliphatic hydroxyl groups is 1. The van der Waals surface area contributed by atoms with Gasteiger partial charge >= 0.3 is 5.97 Å². The summed E-state index contributed by atoms with van der Waals surface area (Å²) in [5.41, 5.74) is 0.307. The van der Waals surface area contributed by atoms with Crippen molar-refractivity contribution >= 4 is 11.9 Å². The van der Waals surface area contributed by atoms with E-state index in [1.807, 2.05) is 0 Å². The summed E-state index contributed by atoms with van der Waals surface area (Å²) in [6.45, 7) is 3.10. The van der Waals surface area contributed by atoms with Crippen molar-refractivity contribution in [2.45, 2.75) is 32.7 Å². The topological polar surface area (TPSA) is 77.8 Å². The third-order valence-electron chi connectivity index (χ3n) is 2.79. The highest BCUT2D eigenvalue weighted by atomic mass is 16.4. The quantitative estimate of drug-likeness (QED) is 0.666. The van der Waals surface area contributed by atoms with Crippen molar-refractivity contribution in [3.8, 4) is 0 Å². The number of hydrogen-bond donors (Lipinski definition) is 2. The first-order chi connectivity index (χ1) is 7.49. The number of carboxylic acids is 1. The van der Waals surface area contributed by atoms with Crippen LogP contribution in [0.3, 0.4) is 0 Å². The largest absolute Gasteiger partial charge is 0.478 e. The number of carbonyl (C=O) groups is 2. The molecule has 5 nitrogen and oxygen atoms in total. The Labute approximate surface area is 94.4 Å². The molecule has 0 saturated heterocycles. The summed E-state index contributed by atoms with van der Waals surface area (Å²) in [5.74, 6) is -1.36. The number of rotatable bonds is 5. The number of aliphatic hydroxyl groups excluding tert-OH is 1. The van der Waals surface area contributed by atoms with Crippen molar-refractivity contribution in [2.24, 2.45) is 0 Å². The Bertz CT molecular complexity index is 331. The summed E-state index contributed by atoms with van der Waals surface area (Å²) in [6.07, 6.45) is 1.87. The Morgan fingerprint density at radius 3 is 2.19 bits per heavy atom. The SMILES string of the molecule is CC(C(=O)O)=C(C)C(=O)N(CCO)C1CC1. The molecule has 90 valence electrons. The first-order valence-electron chi connectivity index (χ1n) is 5.31. The lowest BCUT2D eigenvalue weighted by Crippen LogP contribution is -2.36. The summed E-state index contributed by atoms with van der Waals surface area (Å²) < 4.78 is 0. The predicted molar refractivity (Wildman–Crippen MR) is 57.8 cm³/mol. The molecule has 0 radical (unpaired) electrons. The highest BCUT2D eigenvalue weighted by Gasteiger charge is 2.33. The van der Waals surface area contributed by atoms with E-state index >= 15 is 0 Å². The first-order valence-corrected chi connectivity index (χ1v) is 5.31. The molecule has 1 fully saturated rings. The maximum atomic E-state index is 12.0. The highest BCUT2D eigenvalue weighted by molar-refractivity contribution is 6.01. The molecule has 1 aliphatic rings. The second-order valence-corrected chi connectivity index (χ2v) is 4.01. The van der Waals surface area contributed by atoms with Crippen LogP contribution in [0.25, 0.3) is 0 Å². The molecule has 0 spiro atoms. The average Bonchev–Trinajstić information content (AvgIpc) is 3.06. The lowest BCUT2D eigenvalue weighted by atomic mass is 10.1. The zero-order valence-electron chi connectivity index (χ0n) is 9.56. The third-order valence-corrected chi connectivity index (χ3v) is 2.79. The number of nitrogens with zero attached hydrogens (tertiary/aromatic N) is 1. The lowest BCUT2D eigenvalue weighted by Gasteiger charge is -2.22. The monoisotopic (exact) mass is 227 g/mol. The van der Waals surface area contributed by atoms with Crippen LogP contribution in [0, 0.1) is 0 Å². The van der Waals surface area contributed by atoms with Crippen LogP contribution in [0.2, 0.25) is 0 Å². The van der Waals surface area contributed by atoms with Crippen molar-refractivity contribution in [1.82, 2.24) is 4.90 Å². The average molecular weight is 227 g/mol. The van der Waals surface area contributed by atoms with Gasteiger partial charge in [-0.1, -0.05) is 0 Å². The molecule has 0 bridgehead atoms. The van der Waals surface area contributed by atoms with Gasteiger partial charge in [0.25, 0.3) is 0 Å². The fourth-order valence-corrected chi connectivity index (χ4v) is 1.48. The molecule has 0 unspecified atom stereocenters. The highest BCUT2D eigenvalue weighted by Crippen LogP contribution is 2.28. The molecule has 0 heterocycles. The van der Waals surface area contributed by atoms with E-state index in [4.69, 9.17) is 10.2 Å². The maximum Gasteiger partial charge on any atom is 0.331 e. The number of hydrogen-bond acceptors (Lipinski definition) is 3. The van der Waals surface area contributed by atoms with E-state index in [2.05, 4.69) is 0 Å². The number of carboxylic acid groups (broad SMARTS) is 1. The molecule has 2 N–H and O–H groups in total. The molecule has 1 saturated carbocycles. The van der Waals surface area contributed by atoms with Crippen LogP contribution in [0.4, 0.5) is 0 Å². The van der Waals surface area contributed by atoms with Crippen molar-refractivity contribution in [2.75, 3.05) is 13.2 Å². The number of amides is 1. The van der Waals surface area contributed by atoms with Crippen LogP contribution < -0.4 is 0 Å². The summed E-state index contributed by atoms with van der Waals surface area (Å²) in [5, 5.41) is 17.7. The van der Waals surface area contributed by atoms with Gasteiger partial charge < -0.3 is 15.1 Å². The van der Waals surface area contributed by atoms with Crippen molar-refractivity contribution in [3.63, 3.8) is 0 Å². The van der Waals surface area contributed by atoms with Gasteiger partial charge in [0.1, 0.15) is 0 Å². The lowest BCUT2D eigenvalue weighted by molar-refractivity contribution is -0.134. The minimum Gasteiger partial charge on any atom is -0.478 e. The zero-order chi connectivity index (χ0) is 12.3. The number of carbonyl (C=O) groups excluding carboxylic acids is 1. The van der Waals surface area contributed by atoms with E-state index < -0.39 is 5.97 Å². The summed E-state index contributed by atoms with van der Waals surface area (Å²) in [7, 11) is 0. The molecule has 0 aromatic rings. The molecule has 0 aliphatic heterocycles. The molecular weight excluding hydrogens is 210 g/mol. The van der Waals surface area contributed by atoms with Crippen LogP contribution >= 0.6 is 0 Å². The Morgan fingerprint density at radius 1 is 1.25 bits per heavy atom. The van der Waals surface area contributed by atoms with E-state index in [1.165, 1.54) is 13.8 Å². The van der Waals surface area contributed by atoms with E-state index in [1.54, 1.807) is 4.90 Å². The minimum absolute atomic E-state index is 0.0635. The fraction of sp³-hybridized carbons (Fsp3) is 0.636. The van der Waals surface area contributed by atoms with Gasteiger partial charge in [0, 0.05) is 23.7 Å². The maximum absolute atomic E-state index is 12.0. The second-order valence-electron chi connectivity index (χ2n) is 4.01. The van der Waals surface area contributed by atoms with Crippen molar-refractivity contribution in [1.29, 1.82) is 0 Å². The fourth-order valence-electron chi connectivity index (χ4n) is 1.48. The van der Waals surface area contributed by atoms with E-state index in [9.17, 15) is 9.59 Å². The Hall–Kier alpha value is -1.36. The predicted octanol–water partition coefficient (Wildman–Crippen LogP) is 0.391. The molecule has 1 rings (SSSR count). The molecule has 1 aliphatic carbocycles. The van der Waals surface area contributed by atoms with E-state index in [0.717, 1.165) is 12.8 Å². The molecule has 0 aromatic carbocycles. The van der Waals surface area contributed by atoms with Gasteiger partial charge in [0.15, 0.2) is 0 Å². The van der Waals surface area contributed by atoms with Crippen LogP contribution in [0.5, 0.6) is 0 Å². The van der Waals surface area contributed by atoms with Gasteiger partial charge in [-0.15, -0.1) is 0 Å². The molecular formula is C11H17NO4. The van der Waals surface area contributed by atoms with Gasteiger partial charge in [-0.2, -0.15) is 0 Å². The van der Waals surface area contributed by atoms with Gasteiger partial charge in [0.05, 0.1) is 6.61 Å². The first kappa shape index (κ1) is 12.7. The van der Waals surface area contributed by atoms with Crippen LogP contribution in [0.1, 0.15) is 26.7 Å². The van der Waals surface area contributed by atoms with Gasteiger partial charge in [-0.25, -0.2) is 4.79 Å². The normalized spacial score (nSPS) is 16.7. The molecule has 16 heavy (non-hydrogen) atoms. The summed E-state index contributed by atoms with van der Waals surface area (Å²) >= 11 is 0. The molecule has 0 aromatic heterocycles. The van der Waals surface area contributed by atoms with E-state index in [-0.39, 0.29) is 36.2 Å². The van der Waals surface area contributed by atoms with Crippen LogP contribution in [-0.4, -0.2) is 46.2 Å². The van der Waals surface area contributed by atoms with Crippen LogP contribution in [-0.2, 0) is 9.59 Å². The zero-order valence-corrected chi connectivity index (χ0v) is 9.56. The van der Waals surface area contributed by atoms with Gasteiger partial charge in [-0.3, -0.25) is 4.79 Å². The summed E-state index contributed by atoms with van der Waals surface area (Å²) in [6, 6.07) is 0.177. The van der Waals surface area contributed by atoms with Crippen molar-refractivity contribution in [3.05, 3.63) is 11.1 Å². The summed E-state index contributed by atoms with van der Waals surface area (Å²) in [4.78, 5) is 24.2. The number of aliphatic carboxylic acids is 1. The minimum atomic E-state index is -1.08. The molecule has 5 heteroatoms. The van der Waals surface area contributed by atoms with Gasteiger partial charge in [0.2, 0.25) is 5.91 Å². The standard InChI is InChI=1S/C11H17NO4/c1-7(8(2)11(15)16)10(14)12(5-6-13)9-3-4-9/h9,13H,3-6H2,1-2H3,(H,15,16). The third kappa shape index (κ3) is 2.82. The molecule has 0 atom stereocenters. The van der Waals surface area contributed by atoms with Crippen molar-refractivity contribution < 1.29 is 19.8 Å². The van der Waals surface area contributed by atoms with E-state index in [0.29, 0.717) is 0 Å². The smallest absolute Gasteiger partial charge is 0.331 e. The second kappa shape index (κ2) is 5.12. The van der Waals surface area contributed by atoms with Gasteiger partial charge in [-0.05, 0) is 26.7 Å². The molecule has 1 amide bonds. The Balaban J connectivity index is 2.81. The van der Waals surface area contributed by atoms with Crippen LogP contribution in [0.15, 0.2) is 11.1 Å². The Kier molecular flexibility index (Phi) is 4.06.